The molecular weight excluding hydrogens is 420 g/mol. The molecule has 5 nitrogen and oxygen atoms in total. The summed E-state index contributed by atoms with van der Waals surface area (Å²) in [7, 11) is 1.65. The monoisotopic (exact) mass is 456 g/mol. The van der Waals surface area contributed by atoms with Crippen LogP contribution in [0.15, 0.2) is 48.5 Å². The van der Waals surface area contributed by atoms with Crippen LogP contribution in [-0.4, -0.2) is 42.2 Å². The maximum Gasteiger partial charge on any atom is 0.242 e. The highest BCUT2D eigenvalue weighted by Gasteiger charge is 2.28. The minimum Gasteiger partial charge on any atom is -0.497 e. The molecule has 174 valence electrons. The van der Waals surface area contributed by atoms with Gasteiger partial charge in [-0.1, -0.05) is 56.7 Å². The number of carbonyl (C=O) groups is 2. The van der Waals surface area contributed by atoms with E-state index in [4.69, 9.17) is 4.74 Å². The zero-order valence-electron chi connectivity index (χ0n) is 19.7. The van der Waals surface area contributed by atoms with E-state index in [9.17, 15) is 9.59 Å². The van der Waals surface area contributed by atoms with Crippen LogP contribution in [-0.2, 0) is 21.9 Å². The van der Waals surface area contributed by atoms with Crippen LogP contribution in [0.25, 0.3) is 0 Å². The van der Waals surface area contributed by atoms with Crippen LogP contribution >= 0.6 is 11.8 Å². The predicted molar refractivity (Wildman–Crippen MR) is 133 cm³/mol. The zero-order chi connectivity index (χ0) is 23.3. The largest absolute Gasteiger partial charge is 0.497 e. The van der Waals surface area contributed by atoms with Crippen LogP contribution in [0.4, 0.5) is 0 Å². The number of ether oxygens (including phenoxy) is 1. The molecule has 0 aliphatic rings. The van der Waals surface area contributed by atoms with E-state index in [1.807, 2.05) is 62.4 Å². The number of aryl methyl sites for hydroxylation is 1. The van der Waals surface area contributed by atoms with Gasteiger partial charge in [0.25, 0.3) is 0 Å². The van der Waals surface area contributed by atoms with Crippen LogP contribution < -0.4 is 10.1 Å². The molecule has 0 unspecified atom stereocenters. The topological polar surface area (TPSA) is 58.6 Å². The van der Waals surface area contributed by atoms with E-state index in [1.165, 1.54) is 0 Å². The minimum absolute atomic E-state index is 0.00995. The quantitative estimate of drug-likeness (QED) is 0.433. The lowest BCUT2D eigenvalue weighted by atomic mass is 10.1. The van der Waals surface area contributed by atoms with Gasteiger partial charge in [0.15, 0.2) is 0 Å². The number of hydrogen-bond acceptors (Lipinski definition) is 4. The lowest BCUT2D eigenvalue weighted by Gasteiger charge is -2.31. The van der Waals surface area contributed by atoms with E-state index in [-0.39, 0.29) is 11.8 Å². The first kappa shape index (κ1) is 25.8. The lowest BCUT2D eigenvalue weighted by molar-refractivity contribution is -0.139. The Balaban J connectivity index is 2.09. The number of thioether (sulfide) groups is 1. The molecule has 0 heterocycles. The summed E-state index contributed by atoms with van der Waals surface area (Å²) in [4.78, 5) is 27.9. The van der Waals surface area contributed by atoms with Crippen molar-refractivity contribution in [2.45, 2.75) is 58.4 Å². The summed E-state index contributed by atoms with van der Waals surface area (Å²) in [6.07, 6.45) is 2.54. The third-order valence-corrected chi connectivity index (χ3v) is 6.46. The Morgan fingerprint density at radius 2 is 1.81 bits per heavy atom. The molecule has 0 aliphatic heterocycles. The average molecular weight is 457 g/mol. The average Bonchev–Trinajstić information content (AvgIpc) is 2.80. The summed E-state index contributed by atoms with van der Waals surface area (Å²) < 4.78 is 5.20. The van der Waals surface area contributed by atoms with E-state index >= 15 is 0 Å². The van der Waals surface area contributed by atoms with Gasteiger partial charge in [-0.2, -0.15) is 0 Å². The highest BCUT2D eigenvalue weighted by molar-refractivity contribution is 7.99. The standard InChI is InChI=1S/C26H36N2O3S/c1-5-7-16-27-26(30)24(6-2)28(17-22-11-9-8-10-20(22)3)25(29)19-32-18-21-12-14-23(31-4)15-13-21/h8-15,24H,5-7,16-19H2,1-4H3,(H,27,30)/t24-/m0/s1. The van der Waals surface area contributed by atoms with E-state index in [2.05, 4.69) is 12.2 Å². The van der Waals surface area contributed by atoms with Crippen molar-refractivity contribution in [3.05, 3.63) is 65.2 Å². The van der Waals surface area contributed by atoms with Gasteiger partial charge in [-0.3, -0.25) is 9.59 Å². The molecular formula is C26H36N2O3S. The van der Waals surface area contributed by atoms with E-state index in [0.717, 1.165) is 41.0 Å². The molecule has 2 aromatic carbocycles. The second-order valence-corrected chi connectivity index (χ2v) is 8.84. The van der Waals surface area contributed by atoms with Gasteiger partial charge in [0.2, 0.25) is 11.8 Å². The molecule has 0 aliphatic carbocycles. The summed E-state index contributed by atoms with van der Waals surface area (Å²) in [6, 6.07) is 15.4. The predicted octanol–water partition coefficient (Wildman–Crippen LogP) is 4.96. The third kappa shape index (κ3) is 7.90. The molecule has 0 fully saturated rings. The van der Waals surface area contributed by atoms with Gasteiger partial charge in [-0.25, -0.2) is 0 Å². The molecule has 0 saturated carbocycles. The van der Waals surface area contributed by atoms with Crippen molar-refractivity contribution in [1.29, 1.82) is 0 Å². The van der Waals surface area contributed by atoms with Crippen molar-refractivity contribution in [1.82, 2.24) is 10.2 Å². The van der Waals surface area contributed by atoms with Gasteiger partial charge < -0.3 is 15.0 Å². The minimum atomic E-state index is -0.472. The number of amides is 2. The highest BCUT2D eigenvalue weighted by Crippen LogP contribution is 2.20. The smallest absolute Gasteiger partial charge is 0.242 e. The molecule has 0 aromatic heterocycles. The fraction of sp³-hybridized carbons (Fsp3) is 0.462. The molecule has 6 heteroatoms. The van der Waals surface area contributed by atoms with Gasteiger partial charge in [-0.05, 0) is 48.6 Å². The van der Waals surface area contributed by atoms with Gasteiger partial charge in [0.1, 0.15) is 11.8 Å². The van der Waals surface area contributed by atoms with E-state index in [1.54, 1.807) is 23.8 Å². The van der Waals surface area contributed by atoms with E-state index < -0.39 is 6.04 Å². The van der Waals surface area contributed by atoms with Crippen molar-refractivity contribution in [2.75, 3.05) is 19.4 Å². The summed E-state index contributed by atoms with van der Waals surface area (Å²) >= 11 is 1.57. The summed E-state index contributed by atoms with van der Waals surface area (Å²) in [5.41, 5.74) is 3.33. The Labute approximate surface area is 196 Å². The summed E-state index contributed by atoms with van der Waals surface area (Å²) in [5, 5.41) is 3.01. The summed E-state index contributed by atoms with van der Waals surface area (Å²) in [5.74, 6) is 1.80. The molecule has 0 spiro atoms. The van der Waals surface area contributed by atoms with Crippen molar-refractivity contribution < 1.29 is 14.3 Å². The van der Waals surface area contributed by atoms with Crippen LogP contribution in [0.1, 0.15) is 49.8 Å². The maximum atomic E-state index is 13.3. The van der Waals surface area contributed by atoms with Crippen LogP contribution in [0, 0.1) is 6.92 Å². The third-order valence-electron chi connectivity index (χ3n) is 5.47. The van der Waals surface area contributed by atoms with Gasteiger partial charge in [0, 0.05) is 18.8 Å². The van der Waals surface area contributed by atoms with Crippen LogP contribution in [0.3, 0.4) is 0 Å². The molecule has 0 bridgehead atoms. The lowest BCUT2D eigenvalue weighted by Crippen LogP contribution is -2.49. The molecule has 2 amide bonds. The molecule has 0 saturated heterocycles. The number of hydrogen-bond donors (Lipinski definition) is 1. The number of nitrogens with zero attached hydrogens (tertiary/aromatic N) is 1. The summed E-state index contributed by atoms with van der Waals surface area (Å²) in [6.45, 7) is 7.18. The number of rotatable bonds is 13. The SMILES string of the molecule is CCCCNC(=O)[C@H](CC)N(Cc1ccccc1C)C(=O)CSCc1ccc(OC)cc1. The van der Waals surface area contributed by atoms with Crippen LogP contribution in [0.5, 0.6) is 5.75 Å². The molecule has 1 atom stereocenters. The Hall–Kier alpha value is -2.47. The van der Waals surface area contributed by atoms with Crippen molar-refractivity contribution in [2.24, 2.45) is 0 Å². The number of nitrogens with one attached hydrogen (secondary N) is 1. The number of unbranched alkanes of at least 4 members (excludes halogenated alkanes) is 1. The second-order valence-electron chi connectivity index (χ2n) is 7.86. The Bertz CT molecular complexity index is 854. The fourth-order valence-electron chi connectivity index (χ4n) is 3.46. The first-order valence-corrected chi connectivity index (χ1v) is 12.5. The number of benzene rings is 2. The fourth-order valence-corrected chi connectivity index (χ4v) is 4.33. The number of carbonyl (C=O) groups excluding carboxylic acids is 2. The van der Waals surface area contributed by atoms with Gasteiger partial charge in [-0.15, -0.1) is 11.8 Å². The molecule has 32 heavy (non-hydrogen) atoms. The molecule has 1 N–H and O–H groups in total. The van der Waals surface area contributed by atoms with E-state index in [0.29, 0.717) is 25.3 Å². The Morgan fingerprint density at radius 3 is 2.44 bits per heavy atom. The first-order chi connectivity index (χ1) is 15.5. The van der Waals surface area contributed by atoms with Gasteiger partial charge in [0.05, 0.1) is 12.9 Å². The van der Waals surface area contributed by atoms with Crippen molar-refractivity contribution in [3.8, 4) is 5.75 Å². The maximum absolute atomic E-state index is 13.3. The van der Waals surface area contributed by atoms with Crippen molar-refractivity contribution in [3.63, 3.8) is 0 Å². The van der Waals surface area contributed by atoms with Gasteiger partial charge >= 0.3 is 0 Å². The van der Waals surface area contributed by atoms with Crippen molar-refractivity contribution >= 4 is 23.6 Å². The van der Waals surface area contributed by atoms with Crippen LogP contribution in [0.2, 0.25) is 0 Å². The molecule has 2 aromatic rings. The molecule has 0 radical (unpaired) electrons. The highest BCUT2D eigenvalue weighted by atomic mass is 32.2. The molecule has 2 rings (SSSR count). The Kier molecular flexibility index (Phi) is 11.2. The Morgan fingerprint density at radius 1 is 1.09 bits per heavy atom. The first-order valence-electron chi connectivity index (χ1n) is 11.3. The zero-order valence-corrected chi connectivity index (χ0v) is 20.5. The number of methoxy groups -OCH3 is 1. The normalized spacial score (nSPS) is 11.6. The second kappa shape index (κ2) is 13.8.